The average molecular weight is 300 g/mol. The van der Waals surface area contributed by atoms with Crippen LogP contribution in [-0.4, -0.2) is 18.5 Å². The minimum Gasteiger partial charge on any atom is -0.329 e. The lowest BCUT2D eigenvalue weighted by atomic mass is 10.0. The molecule has 0 bridgehead atoms. The number of hydrogen-bond acceptors (Lipinski definition) is 3. The van der Waals surface area contributed by atoms with Gasteiger partial charge in [-0.1, -0.05) is 35.9 Å². The van der Waals surface area contributed by atoms with Gasteiger partial charge in [0, 0.05) is 24.2 Å². The van der Waals surface area contributed by atoms with Gasteiger partial charge in [-0.3, -0.25) is 4.90 Å². The largest absolute Gasteiger partial charge is 0.329 e. The van der Waals surface area contributed by atoms with Gasteiger partial charge in [0.15, 0.2) is 0 Å². The van der Waals surface area contributed by atoms with Crippen molar-refractivity contribution < 1.29 is 0 Å². The molecule has 0 radical (unpaired) electrons. The zero-order valence-corrected chi connectivity index (χ0v) is 12.7. The molecular formula is C17H18ClN3. The highest BCUT2D eigenvalue weighted by molar-refractivity contribution is 6.30. The Kier molecular flexibility index (Phi) is 5.35. The lowest BCUT2D eigenvalue weighted by Gasteiger charge is -2.27. The maximum Gasteiger partial charge on any atom is 0.0991 e. The molecule has 0 fully saturated rings. The molecule has 4 heteroatoms. The first kappa shape index (κ1) is 15.5. The van der Waals surface area contributed by atoms with Crippen LogP contribution < -0.4 is 5.73 Å². The molecule has 3 nitrogen and oxygen atoms in total. The Balaban J connectivity index is 2.14. The van der Waals surface area contributed by atoms with Gasteiger partial charge in [0.2, 0.25) is 0 Å². The Hall–Kier alpha value is -1.86. The molecule has 1 unspecified atom stereocenters. The molecule has 2 aromatic rings. The summed E-state index contributed by atoms with van der Waals surface area (Å²) in [5, 5.41) is 9.68. The first-order valence-corrected chi connectivity index (χ1v) is 7.16. The molecule has 0 aliphatic carbocycles. The van der Waals surface area contributed by atoms with Gasteiger partial charge in [-0.05, 0) is 42.4 Å². The van der Waals surface area contributed by atoms with Crippen molar-refractivity contribution in [2.45, 2.75) is 12.6 Å². The van der Waals surface area contributed by atoms with Crippen molar-refractivity contribution >= 4 is 11.6 Å². The number of nitriles is 1. The Morgan fingerprint density at radius 2 is 1.95 bits per heavy atom. The third kappa shape index (κ3) is 4.05. The van der Waals surface area contributed by atoms with E-state index < -0.39 is 0 Å². The minimum atomic E-state index is 0.119. The van der Waals surface area contributed by atoms with Gasteiger partial charge in [-0.25, -0.2) is 0 Å². The van der Waals surface area contributed by atoms with Crippen LogP contribution in [0, 0.1) is 11.3 Å². The van der Waals surface area contributed by atoms with Gasteiger partial charge < -0.3 is 5.73 Å². The van der Waals surface area contributed by atoms with Gasteiger partial charge in [-0.15, -0.1) is 0 Å². The van der Waals surface area contributed by atoms with Crippen molar-refractivity contribution in [1.82, 2.24) is 4.90 Å². The van der Waals surface area contributed by atoms with Crippen LogP contribution in [0.3, 0.4) is 0 Å². The van der Waals surface area contributed by atoms with Crippen molar-refractivity contribution in [3.05, 3.63) is 70.2 Å². The third-order valence-electron chi connectivity index (χ3n) is 3.50. The Morgan fingerprint density at radius 3 is 2.57 bits per heavy atom. The molecular weight excluding hydrogens is 282 g/mol. The molecule has 0 spiro atoms. The summed E-state index contributed by atoms with van der Waals surface area (Å²) in [6.07, 6.45) is 0. The first-order chi connectivity index (χ1) is 10.1. The fraction of sp³-hybridized carbons (Fsp3) is 0.235. The van der Waals surface area contributed by atoms with Crippen LogP contribution in [0.25, 0.3) is 0 Å². The number of halogens is 1. The lowest BCUT2D eigenvalue weighted by molar-refractivity contribution is 0.242. The maximum absolute atomic E-state index is 8.96. The summed E-state index contributed by atoms with van der Waals surface area (Å²) in [6, 6.07) is 17.7. The maximum atomic E-state index is 8.96. The van der Waals surface area contributed by atoms with E-state index in [1.165, 1.54) is 0 Å². The number of rotatable bonds is 5. The Bertz CT molecular complexity index is 631. The summed E-state index contributed by atoms with van der Waals surface area (Å²) in [5.74, 6) is 0. The van der Waals surface area contributed by atoms with Gasteiger partial charge >= 0.3 is 0 Å². The van der Waals surface area contributed by atoms with Crippen LogP contribution in [0.1, 0.15) is 22.7 Å². The molecule has 0 heterocycles. The number of nitrogens with zero attached hydrogens (tertiary/aromatic N) is 2. The molecule has 21 heavy (non-hydrogen) atoms. The molecule has 0 amide bonds. The van der Waals surface area contributed by atoms with Crippen molar-refractivity contribution in [1.29, 1.82) is 5.26 Å². The molecule has 0 saturated carbocycles. The van der Waals surface area contributed by atoms with E-state index in [-0.39, 0.29) is 6.04 Å². The van der Waals surface area contributed by atoms with Crippen LogP contribution in [0.15, 0.2) is 48.5 Å². The Morgan fingerprint density at radius 1 is 1.24 bits per heavy atom. The molecule has 1 atom stereocenters. The second-order valence-corrected chi connectivity index (χ2v) is 5.47. The molecule has 2 N–H and O–H groups in total. The second-order valence-electron chi connectivity index (χ2n) is 5.03. The fourth-order valence-corrected chi connectivity index (χ4v) is 2.52. The quantitative estimate of drug-likeness (QED) is 0.921. The summed E-state index contributed by atoms with van der Waals surface area (Å²) in [6.45, 7) is 1.26. The molecule has 0 saturated heterocycles. The summed E-state index contributed by atoms with van der Waals surface area (Å²) in [5.41, 5.74) is 8.84. The summed E-state index contributed by atoms with van der Waals surface area (Å²) >= 11 is 5.93. The second kappa shape index (κ2) is 7.24. The van der Waals surface area contributed by atoms with Crippen molar-refractivity contribution in [2.75, 3.05) is 13.6 Å². The van der Waals surface area contributed by atoms with Crippen molar-refractivity contribution in [3.63, 3.8) is 0 Å². The highest BCUT2D eigenvalue weighted by Crippen LogP contribution is 2.22. The van der Waals surface area contributed by atoms with Crippen LogP contribution >= 0.6 is 11.6 Å². The van der Waals surface area contributed by atoms with Gasteiger partial charge in [0.25, 0.3) is 0 Å². The van der Waals surface area contributed by atoms with Crippen molar-refractivity contribution in [2.24, 2.45) is 5.73 Å². The molecule has 2 rings (SSSR count). The molecule has 0 aliphatic rings. The third-order valence-corrected chi connectivity index (χ3v) is 3.75. The van der Waals surface area contributed by atoms with E-state index >= 15 is 0 Å². The predicted octanol–water partition coefficient (Wildman–Crippen LogP) is 3.34. The number of likely N-dealkylation sites (N-methyl/N-ethyl adjacent to an activating group) is 1. The zero-order valence-electron chi connectivity index (χ0n) is 12.0. The predicted molar refractivity (Wildman–Crippen MR) is 85.9 cm³/mol. The Labute approximate surface area is 130 Å². The van der Waals surface area contributed by atoms with Gasteiger partial charge in [0.1, 0.15) is 0 Å². The number of hydrogen-bond donors (Lipinski definition) is 1. The molecule has 0 aromatic heterocycles. The first-order valence-electron chi connectivity index (χ1n) is 6.79. The fourth-order valence-electron chi connectivity index (χ4n) is 2.39. The van der Waals surface area contributed by atoms with E-state index in [4.69, 9.17) is 22.6 Å². The normalized spacial score (nSPS) is 12.1. The summed E-state index contributed by atoms with van der Waals surface area (Å²) < 4.78 is 0. The van der Waals surface area contributed by atoms with E-state index in [1.54, 1.807) is 0 Å². The molecule has 2 aromatic carbocycles. The lowest BCUT2D eigenvalue weighted by Crippen LogP contribution is -2.30. The smallest absolute Gasteiger partial charge is 0.0991 e. The zero-order chi connectivity index (χ0) is 15.2. The van der Waals surface area contributed by atoms with Crippen molar-refractivity contribution in [3.8, 4) is 6.07 Å². The standard InChI is InChI=1S/C17H18ClN3/c1-21(12-14-4-2-3-13(9-14)10-19)17(11-20)15-5-7-16(18)8-6-15/h2-9,17H,11-12,20H2,1H3. The highest BCUT2D eigenvalue weighted by atomic mass is 35.5. The SMILES string of the molecule is CN(Cc1cccc(C#N)c1)C(CN)c1ccc(Cl)cc1. The van der Waals surface area contributed by atoms with Gasteiger partial charge in [0.05, 0.1) is 11.6 Å². The monoisotopic (exact) mass is 299 g/mol. The van der Waals surface area contributed by atoms with E-state index in [2.05, 4.69) is 11.0 Å². The summed E-state index contributed by atoms with van der Waals surface area (Å²) in [7, 11) is 2.03. The highest BCUT2D eigenvalue weighted by Gasteiger charge is 2.15. The van der Waals surface area contributed by atoms with Crippen LogP contribution in [-0.2, 0) is 6.54 Å². The number of benzene rings is 2. The molecule has 0 aliphatic heterocycles. The minimum absolute atomic E-state index is 0.119. The van der Waals surface area contributed by atoms with Crippen LogP contribution in [0.5, 0.6) is 0 Å². The topological polar surface area (TPSA) is 53.0 Å². The van der Waals surface area contributed by atoms with E-state index in [9.17, 15) is 0 Å². The van der Waals surface area contributed by atoms with Gasteiger partial charge in [-0.2, -0.15) is 5.26 Å². The van der Waals surface area contributed by atoms with E-state index in [1.807, 2.05) is 55.6 Å². The number of nitrogens with two attached hydrogens (primary N) is 1. The van der Waals surface area contributed by atoms with Crippen LogP contribution in [0.2, 0.25) is 5.02 Å². The van der Waals surface area contributed by atoms with Crippen LogP contribution in [0.4, 0.5) is 0 Å². The van der Waals surface area contributed by atoms with E-state index in [0.29, 0.717) is 12.1 Å². The average Bonchev–Trinajstić information content (AvgIpc) is 2.50. The van der Waals surface area contributed by atoms with E-state index in [0.717, 1.165) is 22.7 Å². The molecule has 108 valence electrons. The summed E-state index contributed by atoms with van der Waals surface area (Å²) in [4.78, 5) is 2.18.